The third kappa shape index (κ3) is 7.26. The molecule has 1 rings (SSSR count). The monoisotopic (exact) mass is 322 g/mol. The lowest BCUT2D eigenvalue weighted by molar-refractivity contribution is 0.0516. The number of hydrogen-bond donors (Lipinski definition) is 3. The lowest BCUT2D eigenvalue weighted by Crippen LogP contribution is -2.38. The van der Waals surface area contributed by atoms with Crippen LogP contribution in [0.25, 0.3) is 0 Å². The Morgan fingerprint density at radius 3 is 2.43 bits per heavy atom. The van der Waals surface area contributed by atoms with Crippen molar-refractivity contribution in [1.82, 2.24) is 5.32 Å². The summed E-state index contributed by atoms with van der Waals surface area (Å²) in [5.74, 6) is 0.936. The summed E-state index contributed by atoms with van der Waals surface area (Å²) in [4.78, 5) is 11.8. The topological polar surface area (TPSA) is 70.6 Å². The van der Waals surface area contributed by atoms with Crippen molar-refractivity contribution in [3.8, 4) is 5.75 Å². The number of amides is 1. The van der Waals surface area contributed by atoms with Crippen LogP contribution in [0.1, 0.15) is 40.2 Å². The maximum absolute atomic E-state index is 11.8. The molecule has 1 amide bonds. The van der Waals surface area contributed by atoms with E-state index in [0.29, 0.717) is 19.0 Å². The summed E-state index contributed by atoms with van der Waals surface area (Å²) in [6.07, 6.45) is -0.392. The average molecular weight is 322 g/mol. The smallest absolute Gasteiger partial charge is 0.407 e. The molecule has 0 aliphatic rings. The number of carbonyl (C=O) groups excluding carboxylic acids is 1. The highest BCUT2D eigenvalue weighted by molar-refractivity contribution is 5.67. The van der Waals surface area contributed by atoms with E-state index in [2.05, 4.69) is 24.5 Å². The van der Waals surface area contributed by atoms with Crippen LogP contribution >= 0.6 is 0 Å². The van der Waals surface area contributed by atoms with Crippen LogP contribution in [0.2, 0.25) is 0 Å². The molecule has 1 aromatic rings. The normalized spacial score (nSPS) is 12.8. The zero-order valence-electron chi connectivity index (χ0n) is 15.1. The zero-order valence-corrected chi connectivity index (χ0v) is 15.1. The molecule has 1 unspecified atom stereocenters. The van der Waals surface area contributed by atoms with E-state index < -0.39 is 11.7 Å². The van der Waals surface area contributed by atoms with Gasteiger partial charge in [0.05, 0.1) is 0 Å². The number of aromatic hydroxyl groups is 1. The van der Waals surface area contributed by atoms with E-state index in [9.17, 15) is 9.90 Å². The first kappa shape index (κ1) is 19.1. The van der Waals surface area contributed by atoms with Crippen molar-refractivity contribution in [2.24, 2.45) is 11.8 Å². The lowest BCUT2D eigenvalue weighted by Gasteiger charge is -2.24. The fraction of sp³-hybridized carbons (Fsp3) is 0.611. The highest BCUT2D eigenvalue weighted by atomic mass is 16.6. The second kappa shape index (κ2) is 8.09. The van der Waals surface area contributed by atoms with Crippen LogP contribution in [0.4, 0.5) is 10.5 Å². The molecule has 0 radical (unpaired) electrons. The van der Waals surface area contributed by atoms with Crippen LogP contribution < -0.4 is 10.6 Å². The van der Waals surface area contributed by atoms with Crippen molar-refractivity contribution < 1.29 is 14.6 Å². The summed E-state index contributed by atoms with van der Waals surface area (Å²) in [5.41, 5.74) is 1.23. The minimum Gasteiger partial charge on any atom is -0.508 e. The maximum atomic E-state index is 11.8. The Bertz CT molecular complexity index is 521. The van der Waals surface area contributed by atoms with Gasteiger partial charge in [-0.05, 0) is 51.2 Å². The summed E-state index contributed by atoms with van der Waals surface area (Å²) in [6, 6.07) is 5.53. The Morgan fingerprint density at radius 1 is 1.26 bits per heavy atom. The molecule has 0 fully saturated rings. The minimum atomic E-state index is -0.491. The Morgan fingerprint density at radius 2 is 1.91 bits per heavy atom. The molecule has 0 aliphatic carbocycles. The molecular weight excluding hydrogens is 292 g/mol. The van der Waals surface area contributed by atoms with Crippen molar-refractivity contribution in [1.29, 1.82) is 0 Å². The maximum Gasteiger partial charge on any atom is 0.407 e. The predicted molar refractivity (Wildman–Crippen MR) is 93.9 cm³/mol. The van der Waals surface area contributed by atoms with Gasteiger partial charge in [0.1, 0.15) is 11.4 Å². The van der Waals surface area contributed by atoms with Crippen LogP contribution in [0, 0.1) is 18.8 Å². The Labute approximate surface area is 139 Å². The summed E-state index contributed by atoms with van der Waals surface area (Å²) in [6.45, 7) is 12.9. The van der Waals surface area contributed by atoms with E-state index in [-0.39, 0.29) is 11.7 Å². The van der Waals surface area contributed by atoms with Crippen LogP contribution in [0.5, 0.6) is 5.75 Å². The number of benzene rings is 1. The summed E-state index contributed by atoms with van der Waals surface area (Å²) >= 11 is 0. The molecule has 23 heavy (non-hydrogen) atoms. The van der Waals surface area contributed by atoms with Gasteiger partial charge in [-0.25, -0.2) is 4.79 Å². The van der Waals surface area contributed by atoms with E-state index in [4.69, 9.17) is 4.74 Å². The third-order valence-corrected chi connectivity index (χ3v) is 3.63. The fourth-order valence-corrected chi connectivity index (χ4v) is 2.04. The number of carbonyl (C=O) groups is 1. The van der Waals surface area contributed by atoms with E-state index in [1.54, 1.807) is 6.07 Å². The molecule has 5 nitrogen and oxygen atoms in total. The number of phenols is 1. The number of alkyl carbamates (subject to hydrolysis) is 1. The van der Waals surface area contributed by atoms with E-state index in [1.165, 1.54) is 0 Å². The number of hydrogen-bond acceptors (Lipinski definition) is 4. The average Bonchev–Trinajstić information content (AvgIpc) is 2.40. The zero-order chi connectivity index (χ0) is 17.6. The molecule has 1 atom stereocenters. The molecule has 130 valence electrons. The van der Waals surface area contributed by atoms with Gasteiger partial charge in [-0.2, -0.15) is 0 Å². The summed E-state index contributed by atoms with van der Waals surface area (Å²) in [7, 11) is 0. The Balaban J connectivity index is 2.52. The SMILES string of the molecule is Cc1ccc(NCC(CNC(=O)OC(C)(C)C)C(C)C)cc1O. The van der Waals surface area contributed by atoms with Crippen molar-refractivity contribution >= 4 is 11.8 Å². The fourth-order valence-electron chi connectivity index (χ4n) is 2.04. The summed E-state index contributed by atoms with van der Waals surface area (Å²) in [5, 5.41) is 15.9. The molecular formula is C18H30N2O3. The number of aryl methyl sites for hydroxylation is 1. The minimum absolute atomic E-state index is 0.256. The molecule has 1 aromatic carbocycles. The van der Waals surface area contributed by atoms with Crippen molar-refractivity contribution in [3.05, 3.63) is 23.8 Å². The van der Waals surface area contributed by atoms with E-state index in [0.717, 1.165) is 11.3 Å². The van der Waals surface area contributed by atoms with Gasteiger partial charge in [0.2, 0.25) is 0 Å². The van der Waals surface area contributed by atoms with Crippen LogP contribution in [0.3, 0.4) is 0 Å². The number of nitrogens with one attached hydrogen (secondary N) is 2. The second-order valence-electron chi connectivity index (χ2n) is 7.27. The Hall–Kier alpha value is -1.91. The quantitative estimate of drug-likeness (QED) is 0.742. The number of anilines is 1. The van der Waals surface area contributed by atoms with Gasteiger partial charge in [-0.3, -0.25) is 0 Å². The van der Waals surface area contributed by atoms with Gasteiger partial charge in [-0.1, -0.05) is 19.9 Å². The van der Waals surface area contributed by atoms with E-state index >= 15 is 0 Å². The first-order valence-electron chi connectivity index (χ1n) is 8.09. The predicted octanol–water partition coefficient (Wildman–Crippen LogP) is 3.91. The first-order valence-corrected chi connectivity index (χ1v) is 8.09. The van der Waals surface area contributed by atoms with Gasteiger partial charge < -0.3 is 20.5 Å². The molecule has 0 saturated heterocycles. The lowest BCUT2D eigenvalue weighted by atomic mass is 9.95. The molecule has 0 aliphatic heterocycles. The number of phenolic OH excluding ortho intramolecular Hbond substituents is 1. The van der Waals surface area contributed by atoms with Crippen LogP contribution in [-0.2, 0) is 4.74 Å². The first-order chi connectivity index (χ1) is 10.6. The molecule has 0 aromatic heterocycles. The van der Waals surface area contributed by atoms with Gasteiger partial charge >= 0.3 is 6.09 Å². The van der Waals surface area contributed by atoms with E-state index in [1.807, 2.05) is 39.8 Å². The third-order valence-electron chi connectivity index (χ3n) is 3.63. The van der Waals surface area contributed by atoms with Gasteiger partial charge in [-0.15, -0.1) is 0 Å². The number of rotatable bonds is 6. The molecule has 3 N–H and O–H groups in total. The van der Waals surface area contributed by atoms with Crippen molar-refractivity contribution in [2.45, 2.75) is 47.1 Å². The number of ether oxygens (including phenoxy) is 1. The van der Waals surface area contributed by atoms with Gasteiger partial charge in [0, 0.05) is 24.8 Å². The molecule has 0 spiro atoms. The Kier molecular flexibility index (Phi) is 6.73. The molecule has 0 heterocycles. The van der Waals surface area contributed by atoms with Gasteiger partial charge in [0.25, 0.3) is 0 Å². The highest BCUT2D eigenvalue weighted by Gasteiger charge is 2.19. The summed E-state index contributed by atoms with van der Waals surface area (Å²) < 4.78 is 5.26. The largest absolute Gasteiger partial charge is 0.508 e. The highest BCUT2D eigenvalue weighted by Crippen LogP contribution is 2.21. The standard InChI is InChI=1S/C18H30N2O3/c1-12(2)14(11-20-17(22)23-18(4,5)6)10-19-15-8-7-13(3)16(21)9-15/h7-9,12,14,19,21H,10-11H2,1-6H3,(H,20,22). The van der Waals surface area contributed by atoms with Crippen molar-refractivity contribution in [2.75, 3.05) is 18.4 Å². The molecule has 0 saturated carbocycles. The van der Waals surface area contributed by atoms with Gasteiger partial charge in [0.15, 0.2) is 0 Å². The van der Waals surface area contributed by atoms with Crippen molar-refractivity contribution in [3.63, 3.8) is 0 Å². The van der Waals surface area contributed by atoms with Crippen LogP contribution in [0.15, 0.2) is 18.2 Å². The van der Waals surface area contributed by atoms with Crippen LogP contribution in [-0.4, -0.2) is 29.9 Å². The molecule has 0 bridgehead atoms. The molecule has 5 heteroatoms. The second-order valence-corrected chi connectivity index (χ2v) is 7.27.